The van der Waals surface area contributed by atoms with E-state index in [0.717, 1.165) is 18.1 Å². The van der Waals surface area contributed by atoms with Crippen molar-refractivity contribution in [3.05, 3.63) is 23.4 Å². The number of hydrogen-bond donors (Lipinski definition) is 2. The van der Waals surface area contributed by atoms with Gasteiger partial charge < -0.3 is 10.6 Å². The maximum absolute atomic E-state index is 12.4. The largest absolute Gasteiger partial charge is 0.373 e. The van der Waals surface area contributed by atoms with Gasteiger partial charge in [-0.2, -0.15) is 11.8 Å². The summed E-state index contributed by atoms with van der Waals surface area (Å²) in [5.41, 5.74) is 1.64. The molecule has 5 heteroatoms. The Morgan fingerprint density at radius 2 is 2.24 bits per heavy atom. The lowest BCUT2D eigenvalue weighted by Crippen LogP contribution is -2.32. The Kier molecular flexibility index (Phi) is 5.91. The minimum atomic E-state index is 0.00183. The summed E-state index contributed by atoms with van der Waals surface area (Å²) in [6.45, 7) is 4.93. The first-order chi connectivity index (χ1) is 10.1. The smallest absolute Gasteiger partial charge is 0.251 e. The van der Waals surface area contributed by atoms with Crippen LogP contribution in [-0.2, 0) is 0 Å². The number of thioether (sulfide) groups is 1. The van der Waals surface area contributed by atoms with Gasteiger partial charge in [-0.05, 0) is 36.6 Å². The summed E-state index contributed by atoms with van der Waals surface area (Å²) in [6, 6.07) is 3.71. The molecule has 1 atom stereocenters. The van der Waals surface area contributed by atoms with Gasteiger partial charge in [-0.25, -0.2) is 4.98 Å². The molecular formula is C16H25N3OS. The van der Waals surface area contributed by atoms with E-state index >= 15 is 0 Å². The highest BCUT2D eigenvalue weighted by atomic mass is 32.2. The molecule has 0 aromatic carbocycles. The van der Waals surface area contributed by atoms with Crippen molar-refractivity contribution in [2.24, 2.45) is 0 Å². The van der Waals surface area contributed by atoms with Gasteiger partial charge in [-0.15, -0.1) is 0 Å². The normalized spacial score (nSPS) is 18.6. The summed E-state index contributed by atoms with van der Waals surface area (Å²) < 4.78 is 0. The molecule has 0 saturated carbocycles. The number of aromatic nitrogens is 1. The number of pyridine rings is 1. The third-order valence-electron chi connectivity index (χ3n) is 3.72. The fourth-order valence-corrected chi connectivity index (χ4v) is 3.62. The lowest BCUT2D eigenvalue weighted by molar-refractivity contribution is 0.0953. The lowest BCUT2D eigenvalue weighted by Gasteiger charge is -2.21. The van der Waals surface area contributed by atoms with Gasteiger partial charge in [0.2, 0.25) is 0 Å². The minimum absolute atomic E-state index is 0.00183. The van der Waals surface area contributed by atoms with Gasteiger partial charge in [0.1, 0.15) is 5.82 Å². The highest BCUT2D eigenvalue weighted by Gasteiger charge is 2.16. The maximum Gasteiger partial charge on any atom is 0.251 e. The summed E-state index contributed by atoms with van der Waals surface area (Å²) in [7, 11) is 1.83. The van der Waals surface area contributed by atoms with Crippen LogP contribution in [0.1, 0.15) is 55.1 Å². The fourth-order valence-electron chi connectivity index (χ4n) is 2.38. The van der Waals surface area contributed by atoms with Gasteiger partial charge in [-0.3, -0.25) is 4.79 Å². The maximum atomic E-state index is 12.4. The molecule has 1 aromatic heterocycles. The Labute approximate surface area is 131 Å². The Balaban J connectivity index is 2.02. The quantitative estimate of drug-likeness (QED) is 0.876. The first-order valence-corrected chi connectivity index (χ1v) is 8.74. The van der Waals surface area contributed by atoms with Crippen LogP contribution in [0.25, 0.3) is 0 Å². The Morgan fingerprint density at radius 1 is 1.43 bits per heavy atom. The Bertz CT molecular complexity index is 484. The van der Waals surface area contributed by atoms with Crippen LogP contribution in [0.5, 0.6) is 0 Å². The molecule has 116 valence electrons. The predicted octanol–water partition coefficient (Wildman–Crippen LogP) is 3.26. The second-order valence-electron chi connectivity index (χ2n) is 5.77. The van der Waals surface area contributed by atoms with E-state index in [9.17, 15) is 4.79 Å². The van der Waals surface area contributed by atoms with Gasteiger partial charge in [-0.1, -0.05) is 20.3 Å². The molecule has 1 aromatic rings. The molecule has 1 aliphatic rings. The Hall–Kier alpha value is -1.23. The lowest BCUT2D eigenvalue weighted by atomic mass is 10.1. The first kappa shape index (κ1) is 16.1. The van der Waals surface area contributed by atoms with Gasteiger partial charge in [0.05, 0.1) is 0 Å². The van der Waals surface area contributed by atoms with Crippen LogP contribution in [0.15, 0.2) is 12.1 Å². The average molecular weight is 307 g/mol. The molecule has 4 nitrogen and oxygen atoms in total. The molecule has 1 amide bonds. The van der Waals surface area contributed by atoms with Gasteiger partial charge >= 0.3 is 0 Å². The number of carbonyl (C=O) groups is 1. The van der Waals surface area contributed by atoms with Crippen molar-refractivity contribution < 1.29 is 4.79 Å². The number of nitrogens with zero attached hydrogens (tertiary/aromatic N) is 1. The molecular weight excluding hydrogens is 282 g/mol. The first-order valence-electron chi connectivity index (χ1n) is 7.69. The SMILES string of the molecule is CNc1cc(C(=O)NCC2CCCCS2)cc(C(C)C)n1. The zero-order chi connectivity index (χ0) is 15.2. The third-order valence-corrected chi connectivity index (χ3v) is 5.12. The number of anilines is 1. The summed E-state index contributed by atoms with van der Waals surface area (Å²) in [5.74, 6) is 2.27. The topological polar surface area (TPSA) is 54.0 Å². The summed E-state index contributed by atoms with van der Waals surface area (Å²) >= 11 is 1.98. The molecule has 1 fully saturated rings. The van der Waals surface area contributed by atoms with Crippen LogP contribution in [0, 0.1) is 0 Å². The van der Waals surface area contributed by atoms with Crippen molar-refractivity contribution in [3.63, 3.8) is 0 Å². The van der Waals surface area contributed by atoms with Crippen molar-refractivity contribution >= 4 is 23.5 Å². The second kappa shape index (κ2) is 7.69. The zero-order valence-electron chi connectivity index (χ0n) is 13.1. The minimum Gasteiger partial charge on any atom is -0.373 e. The summed E-state index contributed by atoms with van der Waals surface area (Å²) in [6.07, 6.45) is 3.80. The van der Waals surface area contributed by atoms with E-state index in [0.29, 0.717) is 16.7 Å². The zero-order valence-corrected chi connectivity index (χ0v) is 13.9. The molecule has 1 aliphatic heterocycles. The number of amides is 1. The molecule has 0 spiro atoms. The molecule has 1 unspecified atom stereocenters. The molecule has 1 saturated heterocycles. The standard InChI is InChI=1S/C16H25N3OS/c1-11(2)14-8-12(9-15(17-3)19-14)16(20)18-10-13-6-4-5-7-21-13/h8-9,11,13H,4-7,10H2,1-3H3,(H,17,19)(H,18,20). The van der Waals surface area contributed by atoms with Crippen LogP contribution in [0.4, 0.5) is 5.82 Å². The molecule has 0 bridgehead atoms. The van der Waals surface area contributed by atoms with Crippen molar-refractivity contribution in [1.82, 2.24) is 10.3 Å². The van der Waals surface area contributed by atoms with Crippen LogP contribution in [0.2, 0.25) is 0 Å². The number of hydrogen-bond acceptors (Lipinski definition) is 4. The predicted molar refractivity (Wildman–Crippen MR) is 90.3 cm³/mol. The third kappa shape index (κ3) is 4.63. The molecule has 0 aliphatic carbocycles. The van der Waals surface area contributed by atoms with Crippen molar-refractivity contribution in [1.29, 1.82) is 0 Å². The van der Waals surface area contributed by atoms with Crippen LogP contribution < -0.4 is 10.6 Å². The van der Waals surface area contributed by atoms with E-state index < -0.39 is 0 Å². The molecule has 0 radical (unpaired) electrons. The molecule has 2 rings (SSSR count). The molecule has 2 heterocycles. The van der Waals surface area contributed by atoms with Crippen molar-refractivity contribution in [3.8, 4) is 0 Å². The average Bonchev–Trinajstić information content (AvgIpc) is 2.53. The number of carbonyl (C=O) groups excluding carboxylic acids is 1. The van der Waals surface area contributed by atoms with E-state index in [2.05, 4.69) is 29.5 Å². The highest BCUT2D eigenvalue weighted by Crippen LogP contribution is 2.24. The van der Waals surface area contributed by atoms with Crippen LogP contribution >= 0.6 is 11.8 Å². The second-order valence-corrected chi connectivity index (χ2v) is 7.18. The summed E-state index contributed by atoms with van der Waals surface area (Å²) in [5, 5.41) is 6.67. The van der Waals surface area contributed by atoms with Gasteiger partial charge in [0.15, 0.2) is 0 Å². The van der Waals surface area contributed by atoms with Crippen LogP contribution in [-0.4, -0.2) is 35.5 Å². The van der Waals surface area contributed by atoms with E-state index in [1.165, 1.54) is 25.0 Å². The van der Waals surface area contributed by atoms with Gasteiger partial charge in [0.25, 0.3) is 5.91 Å². The van der Waals surface area contributed by atoms with E-state index in [4.69, 9.17) is 0 Å². The van der Waals surface area contributed by atoms with Crippen molar-refractivity contribution in [2.75, 3.05) is 24.7 Å². The Morgan fingerprint density at radius 3 is 2.86 bits per heavy atom. The van der Waals surface area contributed by atoms with Crippen LogP contribution in [0.3, 0.4) is 0 Å². The monoisotopic (exact) mass is 307 g/mol. The molecule has 2 N–H and O–H groups in total. The van der Waals surface area contributed by atoms with Crippen molar-refractivity contribution in [2.45, 2.75) is 44.3 Å². The fraction of sp³-hybridized carbons (Fsp3) is 0.625. The summed E-state index contributed by atoms with van der Waals surface area (Å²) in [4.78, 5) is 16.8. The van der Waals surface area contributed by atoms with E-state index in [1.807, 2.05) is 30.9 Å². The van der Waals surface area contributed by atoms with E-state index in [-0.39, 0.29) is 5.91 Å². The highest BCUT2D eigenvalue weighted by molar-refractivity contribution is 7.99. The number of nitrogens with one attached hydrogen (secondary N) is 2. The van der Waals surface area contributed by atoms with Gasteiger partial charge in [0, 0.05) is 30.1 Å². The van der Waals surface area contributed by atoms with E-state index in [1.54, 1.807) is 0 Å². The molecule has 21 heavy (non-hydrogen) atoms. The number of rotatable bonds is 5.